The van der Waals surface area contributed by atoms with E-state index in [9.17, 15) is 9.59 Å². The minimum atomic E-state index is -0.692. The Morgan fingerprint density at radius 1 is 1.19 bits per heavy atom. The van der Waals surface area contributed by atoms with Crippen molar-refractivity contribution in [1.82, 2.24) is 9.78 Å². The number of ether oxygens (including phenoxy) is 1. The molecule has 0 saturated heterocycles. The molecule has 0 radical (unpaired) electrons. The van der Waals surface area contributed by atoms with Crippen molar-refractivity contribution in [2.45, 2.75) is 13.8 Å². The fraction of sp³-hybridized carbons (Fsp3) is 0.214. The summed E-state index contributed by atoms with van der Waals surface area (Å²) in [6, 6.07) is 6.49. The zero-order valence-electron chi connectivity index (χ0n) is 12.2. The third-order valence-corrected chi connectivity index (χ3v) is 2.53. The molecule has 1 aromatic carbocycles. The van der Waals surface area contributed by atoms with Crippen LogP contribution in [-0.2, 0) is 4.74 Å². The normalized spacial score (nSPS) is 9.48. The van der Waals surface area contributed by atoms with Gasteiger partial charge in [-0.25, -0.2) is 9.48 Å². The molecule has 0 atom stereocenters. The Bertz CT molecular complexity index is 632. The average molecular weight is 290 g/mol. The second-order valence-corrected chi connectivity index (χ2v) is 3.78. The Labute approximate surface area is 122 Å². The van der Waals surface area contributed by atoms with Crippen LogP contribution in [0.5, 0.6) is 0 Å². The number of nitrogen functional groups attached to an aromatic ring is 1. The van der Waals surface area contributed by atoms with Crippen molar-refractivity contribution in [2.24, 2.45) is 5.73 Å². The number of primary amides is 1. The molecule has 21 heavy (non-hydrogen) atoms. The molecule has 0 aliphatic rings. The molecule has 0 saturated carbocycles. The summed E-state index contributed by atoms with van der Waals surface area (Å²) >= 11 is 0. The van der Waals surface area contributed by atoms with Crippen molar-refractivity contribution >= 4 is 17.6 Å². The van der Waals surface area contributed by atoms with Crippen molar-refractivity contribution < 1.29 is 14.3 Å². The molecular formula is C14H18N4O3. The maximum atomic E-state index is 11.3. The quantitative estimate of drug-likeness (QED) is 0.829. The molecule has 0 aliphatic carbocycles. The number of esters is 1. The van der Waals surface area contributed by atoms with Crippen molar-refractivity contribution in [2.75, 3.05) is 12.8 Å². The summed E-state index contributed by atoms with van der Waals surface area (Å²) in [6.45, 7) is 4.00. The summed E-state index contributed by atoms with van der Waals surface area (Å²) in [4.78, 5) is 22.3. The highest BCUT2D eigenvalue weighted by atomic mass is 16.5. The largest absolute Gasteiger partial charge is 0.465 e. The van der Waals surface area contributed by atoms with Crippen molar-refractivity contribution in [3.8, 4) is 5.69 Å². The molecule has 0 unspecified atom stereocenters. The van der Waals surface area contributed by atoms with Gasteiger partial charge < -0.3 is 16.2 Å². The zero-order chi connectivity index (χ0) is 16.0. The van der Waals surface area contributed by atoms with Crippen LogP contribution in [0.15, 0.2) is 30.5 Å². The molecule has 0 spiro atoms. The van der Waals surface area contributed by atoms with Crippen molar-refractivity contribution in [1.29, 1.82) is 0 Å². The van der Waals surface area contributed by atoms with Gasteiger partial charge in [0.05, 0.1) is 30.2 Å². The second kappa shape index (κ2) is 7.09. The highest BCUT2D eigenvalue weighted by Crippen LogP contribution is 2.14. The topological polar surface area (TPSA) is 113 Å². The van der Waals surface area contributed by atoms with Gasteiger partial charge in [0.2, 0.25) is 0 Å². The van der Waals surface area contributed by atoms with Crippen LogP contribution < -0.4 is 11.5 Å². The van der Waals surface area contributed by atoms with E-state index in [4.69, 9.17) is 11.5 Å². The highest BCUT2D eigenvalue weighted by molar-refractivity contribution is 5.95. The van der Waals surface area contributed by atoms with Gasteiger partial charge in [-0.15, -0.1) is 0 Å². The molecule has 4 N–H and O–H groups in total. The monoisotopic (exact) mass is 290 g/mol. The Hall–Kier alpha value is -2.83. The third-order valence-electron chi connectivity index (χ3n) is 2.53. The number of hydrogen-bond donors (Lipinski definition) is 2. The van der Waals surface area contributed by atoms with E-state index in [1.165, 1.54) is 18.0 Å². The predicted octanol–water partition coefficient (Wildman–Crippen LogP) is 1.37. The number of nitrogens with zero attached hydrogens (tertiary/aromatic N) is 2. The van der Waals surface area contributed by atoms with Crippen LogP contribution in [0, 0.1) is 0 Å². The number of carbonyl (C=O) groups is 2. The summed E-state index contributed by atoms with van der Waals surface area (Å²) in [6.07, 6.45) is 1.48. The summed E-state index contributed by atoms with van der Waals surface area (Å²) in [5.41, 5.74) is 12.0. The number of amides is 1. The van der Waals surface area contributed by atoms with E-state index in [1.807, 2.05) is 13.8 Å². The summed E-state index contributed by atoms with van der Waals surface area (Å²) in [7, 11) is 1.31. The van der Waals surface area contributed by atoms with Gasteiger partial charge in [-0.05, 0) is 24.3 Å². The number of nitrogens with two attached hydrogens (primary N) is 2. The Morgan fingerprint density at radius 2 is 1.76 bits per heavy atom. The van der Waals surface area contributed by atoms with Crippen LogP contribution in [-0.4, -0.2) is 28.8 Å². The van der Waals surface area contributed by atoms with Gasteiger partial charge in [-0.2, -0.15) is 5.10 Å². The lowest BCUT2D eigenvalue weighted by Crippen LogP contribution is -2.14. The van der Waals surface area contributed by atoms with Crippen LogP contribution in [0.2, 0.25) is 0 Å². The molecule has 0 bridgehead atoms. The lowest BCUT2D eigenvalue weighted by Gasteiger charge is -2.02. The van der Waals surface area contributed by atoms with Crippen molar-refractivity contribution in [3.63, 3.8) is 0 Å². The van der Waals surface area contributed by atoms with E-state index >= 15 is 0 Å². The predicted molar refractivity (Wildman–Crippen MR) is 79.2 cm³/mol. The molecule has 112 valence electrons. The van der Waals surface area contributed by atoms with E-state index in [1.54, 1.807) is 24.3 Å². The van der Waals surface area contributed by atoms with Crippen LogP contribution >= 0.6 is 0 Å². The van der Waals surface area contributed by atoms with Crippen LogP contribution in [0.3, 0.4) is 0 Å². The molecule has 7 nitrogen and oxygen atoms in total. The number of methoxy groups -OCH3 is 1. The summed E-state index contributed by atoms with van der Waals surface area (Å²) < 4.78 is 6.01. The molecule has 2 aromatic rings. The van der Waals surface area contributed by atoms with E-state index < -0.39 is 11.9 Å². The maximum absolute atomic E-state index is 11.3. The highest BCUT2D eigenvalue weighted by Gasteiger charge is 2.12. The third kappa shape index (κ3) is 3.59. The molecule has 1 amide bonds. The Morgan fingerprint density at radius 3 is 2.19 bits per heavy atom. The fourth-order valence-electron chi connectivity index (χ4n) is 1.58. The zero-order valence-corrected chi connectivity index (χ0v) is 12.2. The van der Waals surface area contributed by atoms with Crippen LogP contribution in [0.1, 0.15) is 34.7 Å². The number of anilines is 1. The standard InChI is InChI=1S/C12H12N4O3.C2H6/c1-19-12(18)7-2-4-8(5-3-7)16-6-9(13)10(15-16)11(14)17;1-2/h2-6H,13H2,1H3,(H2,14,17);1-2H3. The van der Waals surface area contributed by atoms with Crippen molar-refractivity contribution in [3.05, 3.63) is 41.7 Å². The minimum Gasteiger partial charge on any atom is -0.465 e. The number of rotatable bonds is 3. The lowest BCUT2D eigenvalue weighted by atomic mass is 10.2. The van der Waals surface area contributed by atoms with E-state index in [0.29, 0.717) is 11.3 Å². The number of aromatic nitrogens is 2. The van der Waals surface area contributed by atoms with Gasteiger partial charge in [0.15, 0.2) is 5.69 Å². The molecule has 0 fully saturated rings. The van der Waals surface area contributed by atoms with E-state index in [0.717, 1.165) is 0 Å². The van der Waals surface area contributed by atoms with E-state index in [-0.39, 0.29) is 11.4 Å². The Kier molecular flexibility index (Phi) is 5.48. The fourth-order valence-corrected chi connectivity index (χ4v) is 1.58. The van der Waals surface area contributed by atoms with Gasteiger partial charge in [-0.3, -0.25) is 4.79 Å². The SMILES string of the molecule is CC.COC(=O)c1ccc(-n2cc(N)c(C(N)=O)n2)cc1. The van der Waals surface area contributed by atoms with Gasteiger partial charge >= 0.3 is 5.97 Å². The molecule has 2 rings (SSSR count). The van der Waals surface area contributed by atoms with Gasteiger partial charge in [0, 0.05) is 0 Å². The number of benzene rings is 1. The molecule has 0 aliphatic heterocycles. The molecule has 1 aromatic heterocycles. The first-order valence-electron chi connectivity index (χ1n) is 6.36. The maximum Gasteiger partial charge on any atom is 0.337 e. The van der Waals surface area contributed by atoms with E-state index in [2.05, 4.69) is 9.84 Å². The Balaban J connectivity index is 0.00000106. The molecule has 1 heterocycles. The van der Waals surface area contributed by atoms with Gasteiger partial charge in [-0.1, -0.05) is 13.8 Å². The number of hydrogen-bond acceptors (Lipinski definition) is 5. The average Bonchev–Trinajstić information content (AvgIpc) is 2.91. The minimum absolute atomic E-state index is 0.0112. The first kappa shape index (κ1) is 16.2. The molecule has 7 heteroatoms. The second-order valence-electron chi connectivity index (χ2n) is 3.78. The van der Waals surface area contributed by atoms with Crippen LogP contribution in [0.4, 0.5) is 5.69 Å². The lowest BCUT2D eigenvalue weighted by molar-refractivity contribution is 0.0600. The first-order chi connectivity index (χ1) is 10.0. The number of carbonyl (C=O) groups excluding carboxylic acids is 2. The summed E-state index contributed by atoms with van der Waals surface area (Å²) in [5, 5.41) is 3.98. The van der Waals surface area contributed by atoms with Gasteiger partial charge in [0.1, 0.15) is 0 Å². The summed E-state index contributed by atoms with van der Waals surface area (Å²) in [5.74, 6) is -1.12. The first-order valence-corrected chi connectivity index (χ1v) is 6.36. The van der Waals surface area contributed by atoms with Crippen LogP contribution in [0.25, 0.3) is 5.69 Å². The smallest absolute Gasteiger partial charge is 0.337 e. The molecular weight excluding hydrogens is 272 g/mol. The van der Waals surface area contributed by atoms with Gasteiger partial charge in [0.25, 0.3) is 5.91 Å².